The van der Waals surface area contributed by atoms with Crippen LogP contribution in [0.2, 0.25) is 0 Å². The first-order valence-electron chi connectivity index (χ1n) is 7.78. The number of aromatic nitrogens is 1. The van der Waals surface area contributed by atoms with E-state index in [1.165, 1.54) is 6.07 Å². The fourth-order valence-electron chi connectivity index (χ4n) is 2.70. The molecule has 0 bridgehead atoms. The van der Waals surface area contributed by atoms with E-state index in [2.05, 4.69) is 10.3 Å². The normalized spacial score (nSPS) is 12.0. The Balaban J connectivity index is 1.99. The molecule has 1 atom stereocenters. The number of carboxylic acids is 1. The fraction of sp³-hybridized carbons (Fsp3) is 0.158. The van der Waals surface area contributed by atoms with Gasteiger partial charge in [0.1, 0.15) is 10.7 Å². The number of anilines is 1. The van der Waals surface area contributed by atoms with Gasteiger partial charge < -0.3 is 10.4 Å². The minimum Gasteiger partial charge on any atom is -0.477 e. The zero-order valence-corrected chi connectivity index (χ0v) is 14.6. The second-order valence-corrected chi connectivity index (χ2v) is 6.61. The second-order valence-electron chi connectivity index (χ2n) is 5.62. The van der Waals surface area contributed by atoms with Crippen molar-refractivity contribution in [2.24, 2.45) is 0 Å². The number of nitrogens with zero attached hydrogens (tertiary/aromatic N) is 1. The number of halogens is 1. The molecule has 0 saturated heterocycles. The van der Waals surface area contributed by atoms with Crippen LogP contribution in [0.1, 0.15) is 33.8 Å². The number of carboxylic acid groups (broad SMARTS) is 1. The minimum absolute atomic E-state index is 0.171. The van der Waals surface area contributed by atoms with E-state index in [1.807, 2.05) is 43.3 Å². The Labute approximate surface area is 149 Å². The highest BCUT2D eigenvalue weighted by Crippen LogP contribution is 2.34. The Morgan fingerprint density at radius 2 is 1.96 bits per heavy atom. The summed E-state index contributed by atoms with van der Waals surface area (Å²) in [6.45, 7) is 1.83. The van der Waals surface area contributed by atoms with Crippen molar-refractivity contribution in [1.82, 2.24) is 4.98 Å². The first-order chi connectivity index (χ1) is 12.0. The average Bonchev–Trinajstić information content (AvgIpc) is 3.06. The van der Waals surface area contributed by atoms with Crippen molar-refractivity contribution in [2.45, 2.75) is 12.8 Å². The van der Waals surface area contributed by atoms with E-state index >= 15 is 0 Å². The highest BCUT2D eigenvalue weighted by molar-refractivity contribution is 7.17. The van der Waals surface area contributed by atoms with Gasteiger partial charge in [-0.25, -0.2) is 14.2 Å². The third-order valence-electron chi connectivity index (χ3n) is 4.05. The van der Waals surface area contributed by atoms with Crippen LogP contribution in [-0.4, -0.2) is 23.1 Å². The molecule has 1 unspecified atom stereocenters. The highest BCUT2D eigenvalue weighted by atomic mass is 32.1. The number of aromatic carboxylic acids is 1. The standard InChI is InChI=1S/C19H17FN2O2S/c1-11(16-17(18(23)24)25-19(21-2)22-16)13-8-9-14(15(20)10-13)12-6-4-3-5-7-12/h3-11H,1-2H3,(H,21,22)(H,23,24). The van der Waals surface area contributed by atoms with Gasteiger partial charge in [0.25, 0.3) is 0 Å². The van der Waals surface area contributed by atoms with Gasteiger partial charge in [-0.05, 0) is 17.2 Å². The maximum Gasteiger partial charge on any atom is 0.347 e. The summed E-state index contributed by atoms with van der Waals surface area (Å²) >= 11 is 1.08. The van der Waals surface area contributed by atoms with Crippen LogP contribution in [0.15, 0.2) is 48.5 Å². The number of nitrogens with one attached hydrogen (secondary N) is 1. The molecule has 0 aliphatic carbocycles. The number of hydrogen-bond acceptors (Lipinski definition) is 4. The van der Waals surface area contributed by atoms with Crippen molar-refractivity contribution in [1.29, 1.82) is 0 Å². The molecule has 2 aromatic carbocycles. The zero-order chi connectivity index (χ0) is 18.0. The summed E-state index contributed by atoms with van der Waals surface area (Å²) in [7, 11) is 1.69. The van der Waals surface area contributed by atoms with Crippen molar-refractivity contribution in [3.05, 3.63) is 70.5 Å². The molecule has 3 rings (SSSR count). The lowest BCUT2D eigenvalue weighted by atomic mass is 9.94. The zero-order valence-electron chi connectivity index (χ0n) is 13.8. The predicted octanol–water partition coefficient (Wildman–Crippen LogP) is 4.84. The average molecular weight is 356 g/mol. The lowest BCUT2D eigenvalue weighted by Gasteiger charge is -2.12. The van der Waals surface area contributed by atoms with Crippen LogP contribution in [0.3, 0.4) is 0 Å². The summed E-state index contributed by atoms with van der Waals surface area (Å²) in [6, 6.07) is 14.3. The molecule has 25 heavy (non-hydrogen) atoms. The molecule has 4 nitrogen and oxygen atoms in total. The summed E-state index contributed by atoms with van der Waals surface area (Å²) in [5.74, 6) is -1.69. The first kappa shape index (κ1) is 17.1. The Morgan fingerprint density at radius 3 is 2.56 bits per heavy atom. The molecule has 3 aromatic rings. The van der Waals surface area contributed by atoms with Crippen molar-refractivity contribution in [3.8, 4) is 11.1 Å². The molecule has 0 aliphatic heterocycles. The lowest BCUT2D eigenvalue weighted by Crippen LogP contribution is -2.05. The van der Waals surface area contributed by atoms with Crippen LogP contribution >= 0.6 is 11.3 Å². The molecule has 0 saturated carbocycles. The molecule has 0 amide bonds. The van der Waals surface area contributed by atoms with Crippen LogP contribution in [-0.2, 0) is 0 Å². The van der Waals surface area contributed by atoms with Crippen LogP contribution in [0.25, 0.3) is 11.1 Å². The Hall–Kier alpha value is -2.73. The molecule has 0 fully saturated rings. The van der Waals surface area contributed by atoms with Gasteiger partial charge in [0.15, 0.2) is 5.13 Å². The van der Waals surface area contributed by atoms with Gasteiger partial charge in [0, 0.05) is 18.5 Å². The Morgan fingerprint density at radius 1 is 1.24 bits per heavy atom. The smallest absolute Gasteiger partial charge is 0.347 e. The van der Waals surface area contributed by atoms with E-state index in [-0.39, 0.29) is 16.6 Å². The monoisotopic (exact) mass is 356 g/mol. The van der Waals surface area contributed by atoms with Crippen molar-refractivity contribution in [3.63, 3.8) is 0 Å². The molecule has 1 aromatic heterocycles. The highest BCUT2D eigenvalue weighted by Gasteiger charge is 2.23. The molecule has 1 heterocycles. The van der Waals surface area contributed by atoms with Gasteiger partial charge in [0.05, 0.1) is 5.69 Å². The van der Waals surface area contributed by atoms with Gasteiger partial charge in [-0.15, -0.1) is 0 Å². The van der Waals surface area contributed by atoms with Crippen molar-refractivity contribution >= 4 is 22.4 Å². The number of hydrogen-bond donors (Lipinski definition) is 2. The number of carbonyl (C=O) groups is 1. The SMILES string of the molecule is CNc1nc(C(C)c2ccc(-c3ccccc3)c(F)c2)c(C(=O)O)s1. The van der Waals surface area contributed by atoms with E-state index in [1.54, 1.807) is 13.1 Å². The van der Waals surface area contributed by atoms with Gasteiger partial charge >= 0.3 is 5.97 Å². The summed E-state index contributed by atoms with van der Waals surface area (Å²) in [6.07, 6.45) is 0. The number of thiazole rings is 1. The second kappa shape index (κ2) is 7.03. The van der Waals surface area contributed by atoms with E-state index in [9.17, 15) is 14.3 Å². The topological polar surface area (TPSA) is 62.2 Å². The van der Waals surface area contributed by atoms with Gasteiger partial charge in [0.2, 0.25) is 0 Å². The third-order valence-corrected chi connectivity index (χ3v) is 5.13. The summed E-state index contributed by atoms with van der Waals surface area (Å²) < 4.78 is 14.6. The third kappa shape index (κ3) is 3.39. The maximum atomic E-state index is 14.6. The largest absolute Gasteiger partial charge is 0.477 e. The van der Waals surface area contributed by atoms with Gasteiger partial charge in [-0.1, -0.05) is 60.7 Å². The van der Waals surface area contributed by atoms with Crippen molar-refractivity contribution in [2.75, 3.05) is 12.4 Å². The number of rotatable bonds is 5. The van der Waals surface area contributed by atoms with E-state index in [0.29, 0.717) is 22.0 Å². The summed E-state index contributed by atoms with van der Waals surface area (Å²) in [5, 5.41) is 12.8. The van der Waals surface area contributed by atoms with Crippen LogP contribution in [0.5, 0.6) is 0 Å². The molecule has 6 heteroatoms. The van der Waals surface area contributed by atoms with Gasteiger partial charge in [-0.3, -0.25) is 0 Å². The molecular formula is C19H17FN2O2S. The number of benzene rings is 2. The van der Waals surface area contributed by atoms with Crippen LogP contribution < -0.4 is 5.32 Å². The molecule has 128 valence electrons. The van der Waals surface area contributed by atoms with Crippen LogP contribution in [0, 0.1) is 5.82 Å². The van der Waals surface area contributed by atoms with Crippen molar-refractivity contribution < 1.29 is 14.3 Å². The van der Waals surface area contributed by atoms with Gasteiger partial charge in [-0.2, -0.15) is 0 Å². The lowest BCUT2D eigenvalue weighted by molar-refractivity contribution is 0.0700. The fourth-order valence-corrected chi connectivity index (χ4v) is 3.55. The predicted molar refractivity (Wildman–Crippen MR) is 98.0 cm³/mol. The molecular weight excluding hydrogens is 339 g/mol. The quantitative estimate of drug-likeness (QED) is 0.687. The van der Waals surface area contributed by atoms with Crippen LogP contribution in [0.4, 0.5) is 9.52 Å². The Kier molecular flexibility index (Phi) is 4.81. The van der Waals surface area contributed by atoms with E-state index < -0.39 is 5.97 Å². The molecule has 0 radical (unpaired) electrons. The van der Waals surface area contributed by atoms with E-state index in [0.717, 1.165) is 16.9 Å². The molecule has 2 N–H and O–H groups in total. The molecule has 0 spiro atoms. The maximum absolute atomic E-state index is 14.6. The summed E-state index contributed by atoms with van der Waals surface area (Å²) in [5.41, 5.74) is 2.45. The summed E-state index contributed by atoms with van der Waals surface area (Å²) in [4.78, 5) is 16.0. The van der Waals surface area contributed by atoms with E-state index in [4.69, 9.17) is 0 Å². The Bertz CT molecular complexity index is 909. The molecule has 0 aliphatic rings. The first-order valence-corrected chi connectivity index (χ1v) is 8.59. The minimum atomic E-state index is -1.03.